The van der Waals surface area contributed by atoms with Gasteiger partial charge in [-0.25, -0.2) is 4.79 Å². The van der Waals surface area contributed by atoms with Gasteiger partial charge in [0.15, 0.2) is 0 Å². The van der Waals surface area contributed by atoms with E-state index in [1.54, 1.807) is 13.8 Å². The maximum Gasteiger partial charge on any atom is 0.417 e. The number of nitrogens with two attached hydrogens (primary N) is 1. The van der Waals surface area contributed by atoms with E-state index < -0.39 is 47.5 Å². The average molecular weight is 523 g/mol. The van der Waals surface area contributed by atoms with E-state index in [0.717, 1.165) is 12.1 Å². The summed E-state index contributed by atoms with van der Waals surface area (Å²) in [6.07, 6.45) is -1.86. The summed E-state index contributed by atoms with van der Waals surface area (Å²) in [5.41, 5.74) is 4.26. The molecule has 0 spiro atoms. The SMILES string of the molecule is CCOC(=O)/C=C/[C@@H](CCC(N)=O)NC(=O)[C@@H](CC)NC(=O)c1ccc(-c2ccccc2C(F)(F)F)[nH]1. The summed E-state index contributed by atoms with van der Waals surface area (Å²) in [7, 11) is 0. The lowest BCUT2D eigenvalue weighted by Gasteiger charge is -2.20. The number of ether oxygens (including phenoxy) is 1. The molecule has 0 unspecified atom stereocenters. The van der Waals surface area contributed by atoms with Crippen molar-refractivity contribution < 1.29 is 37.1 Å². The Morgan fingerprint density at radius 2 is 1.78 bits per heavy atom. The van der Waals surface area contributed by atoms with Crippen molar-refractivity contribution in [3.63, 3.8) is 0 Å². The number of hydrogen-bond donors (Lipinski definition) is 4. The van der Waals surface area contributed by atoms with Crippen LogP contribution in [0.5, 0.6) is 0 Å². The van der Waals surface area contributed by atoms with Crippen molar-refractivity contribution in [2.45, 2.75) is 51.4 Å². The Labute approximate surface area is 211 Å². The van der Waals surface area contributed by atoms with E-state index in [0.29, 0.717) is 0 Å². The lowest BCUT2D eigenvalue weighted by Crippen LogP contribution is -2.49. The summed E-state index contributed by atoms with van der Waals surface area (Å²) >= 11 is 0. The second kappa shape index (κ2) is 13.3. The maximum atomic E-state index is 13.4. The van der Waals surface area contributed by atoms with Gasteiger partial charge in [-0.3, -0.25) is 14.4 Å². The molecule has 3 amide bonds. The van der Waals surface area contributed by atoms with Crippen LogP contribution in [0.3, 0.4) is 0 Å². The summed E-state index contributed by atoms with van der Waals surface area (Å²) in [6, 6.07) is 5.87. The van der Waals surface area contributed by atoms with E-state index in [4.69, 9.17) is 10.5 Å². The molecule has 200 valence electrons. The van der Waals surface area contributed by atoms with E-state index in [9.17, 15) is 32.3 Å². The number of hydrogen-bond acceptors (Lipinski definition) is 5. The topological polar surface area (TPSA) is 143 Å². The van der Waals surface area contributed by atoms with Crippen molar-refractivity contribution in [3.05, 3.63) is 59.8 Å². The fraction of sp³-hybridized carbons (Fsp3) is 0.360. The molecule has 2 rings (SSSR count). The number of esters is 1. The molecule has 0 aliphatic rings. The zero-order valence-corrected chi connectivity index (χ0v) is 20.4. The van der Waals surface area contributed by atoms with E-state index in [1.807, 2.05) is 0 Å². The Morgan fingerprint density at radius 1 is 1.08 bits per heavy atom. The second-order valence-corrected chi connectivity index (χ2v) is 7.99. The molecular weight excluding hydrogens is 493 g/mol. The van der Waals surface area contributed by atoms with E-state index >= 15 is 0 Å². The van der Waals surface area contributed by atoms with Gasteiger partial charge in [0, 0.05) is 29.8 Å². The number of alkyl halides is 3. The third kappa shape index (κ3) is 8.81. The number of rotatable bonds is 12. The van der Waals surface area contributed by atoms with Crippen LogP contribution in [0.1, 0.15) is 49.2 Å². The van der Waals surface area contributed by atoms with Gasteiger partial charge in [-0.1, -0.05) is 31.2 Å². The van der Waals surface area contributed by atoms with Crippen LogP contribution >= 0.6 is 0 Å². The number of amides is 3. The summed E-state index contributed by atoms with van der Waals surface area (Å²) < 4.78 is 44.9. The lowest BCUT2D eigenvalue weighted by molar-refractivity contribution is -0.138. The highest BCUT2D eigenvalue weighted by molar-refractivity contribution is 5.97. The number of primary amides is 1. The molecule has 0 bridgehead atoms. The predicted molar refractivity (Wildman–Crippen MR) is 129 cm³/mol. The van der Waals surface area contributed by atoms with Crippen LogP contribution in [-0.4, -0.2) is 47.4 Å². The highest BCUT2D eigenvalue weighted by atomic mass is 19.4. The minimum absolute atomic E-state index is 0.0364. The summed E-state index contributed by atoms with van der Waals surface area (Å²) in [4.78, 5) is 51.0. The molecule has 0 saturated carbocycles. The monoisotopic (exact) mass is 522 g/mol. The van der Waals surface area contributed by atoms with Crippen molar-refractivity contribution in [1.82, 2.24) is 15.6 Å². The van der Waals surface area contributed by atoms with Gasteiger partial charge in [0.1, 0.15) is 11.7 Å². The van der Waals surface area contributed by atoms with Gasteiger partial charge < -0.3 is 26.1 Å². The summed E-state index contributed by atoms with van der Waals surface area (Å²) in [5, 5.41) is 5.18. The zero-order valence-electron chi connectivity index (χ0n) is 20.4. The van der Waals surface area contributed by atoms with E-state index in [1.165, 1.54) is 36.4 Å². The van der Waals surface area contributed by atoms with Crippen LogP contribution in [0.2, 0.25) is 0 Å². The Morgan fingerprint density at radius 3 is 2.41 bits per heavy atom. The Kier molecular flexibility index (Phi) is 10.5. The molecule has 0 saturated heterocycles. The van der Waals surface area contributed by atoms with Crippen LogP contribution in [0.15, 0.2) is 48.6 Å². The first-order valence-corrected chi connectivity index (χ1v) is 11.6. The first kappa shape index (κ1) is 29.1. The number of halogens is 3. The molecule has 9 nitrogen and oxygen atoms in total. The van der Waals surface area contributed by atoms with Gasteiger partial charge in [-0.05, 0) is 38.0 Å². The van der Waals surface area contributed by atoms with Crippen molar-refractivity contribution in [1.29, 1.82) is 0 Å². The number of aromatic nitrogens is 1. The summed E-state index contributed by atoms with van der Waals surface area (Å²) in [6.45, 7) is 3.44. The third-order valence-corrected chi connectivity index (χ3v) is 5.26. The van der Waals surface area contributed by atoms with Gasteiger partial charge in [0.25, 0.3) is 5.91 Å². The van der Waals surface area contributed by atoms with Gasteiger partial charge in [-0.15, -0.1) is 0 Å². The number of carbonyl (C=O) groups excluding carboxylic acids is 4. The van der Waals surface area contributed by atoms with Crippen LogP contribution in [0, 0.1) is 0 Å². The van der Waals surface area contributed by atoms with Crippen LogP contribution in [0.4, 0.5) is 13.2 Å². The molecule has 12 heteroatoms. The number of H-pyrrole nitrogens is 1. The van der Waals surface area contributed by atoms with Crippen molar-refractivity contribution in [2.24, 2.45) is 5.73 Å². The molecule has 1 aromatic heterocycles. The molecule has 1 heterocycles. The fourth-order valence-corrected chi connectivity index (χ4v) is 3.42. The van der Waals surface area contributed by atoms with Crippen molar-refractivity contribution in [2.75, 3.05) is 6.61 Å². The third-order valence-electron chi connectivity index (χ3n) is 5.26. The molecule has 37 heavy (non-hydrogen) atoms. The van der Waals surface area contributed by atoms with E-state index in [-0.39, 0.29) is 42.8 Å². The highest BCUT2D eigenvalue weighted by Crippen LogP contribution is 2.36. The lowest BCUT2D eigenvalue weighted by atomic mass is 10.0. The van der Waals surface area contributed by atoms with E-state index in [2.05, 4.69) is 15.6 Å². The number of nitrogens with one attached hydrogen (secondary N) is 3. The van der Waals surface area contributed by atoms with Gasteiger partial charge in [-0.2, -0.15) is 13.2 Å². The predicted octanol–water partition coefficient (Wildman–Crippen LogP) is 3.08. The molecule has 1 aromatic carbocycles. The minimum atomic E-state index is -4.58. The molecule has 5 N–H and O–H groups in total. The number of aromatic amines is 1. The van der Waals surface area contributed by atoms with Crippen molar-refractivity contribution in [3.8, 4) is 11.3 Å². The van der Waals surface area contributed by atoms with Gasteiger partial charge in [0.2, 0.25) is 11.8 Å². The van der Waals surface area contributed by atoms with Gasteiger partial charge in [0.05, 0.1) is 12.2 Å². The molecule has 0 aliphatic heterocycles. The zero-order chi connectivity index (χ0) is 27.6. The first-order valence-electron chi connectivity index (χ1n) is 11.6. The highest BCUT2D eigenvalue weighted by Gasteiger charge is 2.33. The standard InChI is InChI=1S/C25H29F3N4O5/c1-3-18(23(35)30-15(9-13-21(29)33)10-14-22(34)37-4-2)32-24(36)20-12-11-19(31-20)16-7-5-6-8-17(16)25(26,27)28/h5-8,10-12,14-15,18,31H,3-4,9,13H2,1-2H3,(H2,29,33)(H,30,35)(H,32,36)/b14-10+/t15-,18-/m1/s1. The smallest absolute Gasteiger partial charge is 0.417 e. The first-order chi connectivity index (χ1) is 17.5. The molecule has 0 radical (unpaired) electrons. The molecule has 2 aromatic rings. The Bertz CT molecular complexity index is 1140. The van der Waals surface area contributed by atoms with Crippen molar-refractivity contribution >= 4 is 23.7 Å². The average Bonchev–Trinajstić information content (AvgIpc) is 3.34. The Balaban J connectivity index is 2.13. The summed E-state index contributed by atoms with van der Waals surface area (Å²) in [5.74, 6) is -2.52. The second-order valence-electron chi connectivity index (χ2n) is 7.99. The number of benzene rings is 1. The van der Waals surface area contributed by atoms with Crippen LogP contribution < -0.4 is 16.4 Å². The maximum absolute atomic E-state index is 13.4. The van der Waals surface area contributed by atoms with Crippen LogP contribution in [-0.2, 0) is 25.3 Å². The quantitative estimate of drug-likeness (QED) is 0.250. The molecule has 2 atom stereocenters. The normalized spacial score (nSPS) is 13.1. The largest absolute Gasteiger partial charge is 0.463 e. The molecule has 0 aliphatic carbocycles. The fourth-order valence-electron chi connectivity index (χ4n) is 3.42. The van der Waals surface area contributed by atoms with Gasteiger partial charge >= 0.3 is 12.1 Å². The number of carbonyl (C=O) groups is 4. The molecular formula is C25H29F3N4O5. The van der Waals surface area contributed by atoms with Crippen LogP contribution in [0.25, 0.3) is 11.3 Å². The minimum Gasteiger partial charge on any atom is -0.463 e. The Hall–Kier alpha value is -4.09. The molecule has 0 fully saturated rings.